The van der Waals surface area contributed by atoms with E-state index < -0.39 is 5.41 Å². The molecule has 0 aliphatic heterocycles. The Morgan fingerprint density at radius 2 is 1.60 bits per heavy atom. The third kappa shape index (κ3) is 4.94. The van der Waals surface area contributed by atoms with Crippen molar-refractivity contribution in [2.75, 3.05) is 11.9 Å². The Balaban J connectivity index is 1.99. The van der Waals surface area contributed by atoms with Crippen LogP contribution in [0.5, 0.6) is 11.5 Å². The molecule has 25 heavy (non-hydrogen) atoms. The minimum Gasteiger partial charge on any atom is -0.457 e. The molecule has 5 nitrogen and oxygen atoms in total. The van der Waals surface area contributed by atoms with Crippen molar-refractivity contribution >= 4 is 17.5 Å². The first kappa shape index (κ1) is 18.3. The topological polar surface area (TPSA) is 67.4 Å². The molecule has 5 heteroatoms. The molecule has 2 aromatic carbocycles. The molecule has 2 N–H and O–H groups in total. The van der Waals surface area contributed by atoms with E-state index in [1.807, 2.05) is 30.3 Å². The zero-order valence-corrected chi connectivity index (χ0v) is 14.4. The number of hydrogen-bond donors (Lipinski definition) is 2. The van der Waals surface area contributed by atoms with Gasteiger partial charge < -0.3 is 15.4 Å². The Kier molecular flexibility index (Phi) is 5.95. The smallest absolute Gasteiger partial charge is 0.239 e. The zero-order valence-electron chi connectivity index (χ0n) is 14.4. The Morgan fingerprint density at radius 3 is 2.20 bits per heavy atom. The minimum atomic E-state index is -1.19. The number of hydrogen-bond acceptors (Lipinski definition) is 3. The number of rotatable bonds is 7. The van der Waals surface area contributed by atoms with Gasteiger partial charge in [0.15, 0.2) is 0 Å². The number of carbonyl (C=O) groups is 2. The summed E-state index contributed by atoms with van der Waals surface area (Å²) in [6, 6.07) is 16.4. The van der Waals surface area contributed by atoms with Crippen LogP contribution in [0.3, 0.4) is 0 Å². The number of carbonyl (C=O) groups excluding carboxylic acids is 2. The van der Waals surface area contributed by atoms with Crippen LogP contribution in [0.1, 0.15) is 13.8 Å². The fourth-order valence-electron chi connectivity index (χ4n) is 2.01. The fourth-order valence-corrected chi connectivity index (χ4v) is 2.01. The van der Waals surface area contributed by atoms with Crippen molar-refractivity contribution in [3.8, 4) is 11.5 Å². The summed E-state index contributed by atoms with van der Waals surface area (Å²) >= 11 is 0. The van der Waals surface area contributed by atoms with E-state index in [0.29, 0.717) is 18.0 Å². The summed E-state index contributed by atoms with van der Waals surface area (Å²) in [6.07, 6.45) is 1.57. The summed E-state index contributed by atoms with van der Waals surface area (Å²) in [6.45, 7) is 7.01. The van der Waals surface area contributed by atoms with Crippen LogP contribution in [-0.4, -0.2) is 18.4 Å². The van der Waals surface area contributed by atoms with Gasteiger partial charge in [-0.05, 0) is 50.2 Å². The van der Waals surface area contributed by atoms with Crippen molar-refractivity contribution < 1.29 is 14.3 Å². The van der Waals surface area contributed by atoms with Crippen LogP contribution in [0.25, 0.3) is 0 Å². The third-order valence-corrected chi connectivity index (χ3v) is 3.63. The Hall–Kier alpha value is -3.08. The van der Waals surface area contributed by atoms with Crippen LogP contribution in [-0.2, 0) is 9.59 Å². The molecule has 0 saturated carbocycles. The molecule has 2 aromatic rings. The number of benzene rings is 2. The van der Waals surface area contributed by atoms with Crippen molar-refractivity contribution in [3.63, 3.8) is 0 Å². The molecule has 0 bridgehead atoms. The van der Waals surface area contributed by atoms with E-state index >= 15 is 0 Å². The van der Waals surface area contributed by atoms with E-state index in [1.54, 1.807) is 44.2 Å². The fraction of sp³-hybridized carbons (Fsp3) is 0.200. The molecular formula is C20H22N2O3. The molecule has 0 heterocycles. The SMILES string of the molecule is C=CCNC(=O)C(C)(C)C(=O)Nc1ccc(Oc2ccccc2)cc1. The van der Waals surface area contributed by atoms with Crippen molar-refractivity contribution in [3.05, 3.63) is 67.3 Å². The minimum absolute atomic E-state index is 0.321. The number of ether oxygens (including phenoxy) is 1. The third-order valence-electron chi connectivity index (χ3n) is 3.63. The van der Waals surface area contributed by atoms with E-state index in [2.05, 4.69) is 17.2 Å². The number of anilines is 1. The Morgan fingerprint density at radius 1 is 1.00 bits per heavy atom. The lowest BCUT2D eigenvalue weighted by Crippen LogP contribution is -2.45. The Labute approximate surface area is 147 Å². The second-order valence-electron chi connectivity index (χ2n) is 6.02. The Bertz CT molecular complexity index is 737. The first-order valence-electron chi connectivity index (χ1n) is 7.97. The molecule has 0 aromatic heterocycles. The molecule has 2 amide bonds. The maximum Gasteiger partial charge on any atom is 0.239 e. The van der Waals surface area contributed by atoms with Gasteiger partial charge in [0.1, 0.15) is 16.9 Å². The molecule has 0 saturated heterocycles. The summed E-state index contributed by atoms with van der Waals surface area (Å²) in [5.41, 5.74) is -0.600. The van der Waals surface area contributed by atoms with Gasteiger partial charge in [-0.3, -0.25) is 9.59 Å². The van der Waals surface area contributed by atoms with Crippen molar-refractivity contribution in [1.82, 2.24) is 5.32 Å². The van der Waals surface area contributed by atoms with Crippen LogP contribution < -0.4 is 15.4 Å². The average molecular weight is 338 g/mol. The normalized spacial score (nSPS) is 10.6. The van der Waals surface area contributed by atoms with Crippen LogP contribution in [0.4, 0.5) is 5.69 Å². The zero-order chi connectivity index (χ0) is 18.3. The van der Waals surface area contributed by atoms with Gasteiger partial charge in [-0.25, -0.2) is 0 Å². The molecule has 0 radical (unpaired) electrons. The first-order valence-corrected chi connectivity index (χ1v) is 7.97. The van der Waals surface area contributed by atoms with Gasteiger partial charge in [-0.2, -0.15) is 0 Å². The van der Waals surface area contributed by atoms with Gasteiger partial charge in [0.25, 0.3) is 0 Å². The van der Waals surface area contributed by atoms with Gasteiger partial charge >= 0.3 is 0 Å². The maximum atomic E-state index is 12.4. The van der Waals surface area contributed by atoms with E-state index in [-0.39, 0.29) is 11.8 Å². The molecule has 0 atom stereocenters. The summed E-state index contributed by atoms with van der Waals surface area (Å²) < 4.78 is 5.70. The lowest BCUT2D eigenvalue weighted by Gasteiger charge is -2.22. The van der Waals surface area contributed by atoms with Crippen molar-refractivity contribution in [1.29, 1.82) is 0 Å². The standard InChI is InChI=1S/C20H22N2O3/c1-4-14-21-18(23)20(2,3)19(24)22-15-10-12-17(13-11-15)25-16-8-6-5-7-9-16/h4-13H,1,14H2,2-3H3,(H,21,23)(H,22,24). The van der Waals surface area contributed by atoms with Crippen LogP contribution in [0, 0.1) is 5.41 Å². The molecule has 0 aliphatic carbocycles. The monoisotopic (exact) mass is 338 g/mol. The van der Waals surface area contributed by atoms with Crippen LogP contribution in [0.2, 0.25) is 0 Å². The quantitative estimate of drug-likeness (QED) is 0.597. The largest absolute Gasteiger partial charge is 0.457 e. The van der Waals surface area contributed by atoms with Gasteiger partial charge in [-0.1, -0.05) is 24.3 Å². The van der Waals surface area contributed by atoms with Crippen molar-refractivity contribution in [2.24, 2.45) is 5.41 Å². The highest BCUT2D eigenvalue weighted by atomic mass is 16.5. The molecule has 0 spiro atoms. The summed E-state index contributed by atoms with van der Waals surface area (Å²) in [5, 5.41) is 5.39. The summed E-state index contributed by atoms with van der Waals surface area (Å²) in [7, 11) is 0. The van der Waals surface area contributed by atoms with E-state index in [9.17, 15) is 9.59 Å². The van der Waals surface area contributed by atoms with Crippen molar-refractivity contribution in [2.45, 2.75) is 13.8 Å². The van der Waals surface area contributed by atoms with E-state index in [0.717, 1.165) is 5.75 Å². The molecular weight excluding hydrogens is 316 g/mol. The number of amides is 2. The van der Waals surface area contributed by atoms with E-state index in [1.165, 1.54) is 0 Å². The second kappa shape index (κ2) is 8.15. The molecule has 0 fully saturated rings. The summed E-state index contributed by atoms with van der Waals surface area (Å²) in [4.78, 5) is 24.5. The van der Waals surface area contributed by atoms with E-state index in [4.69, 9.17) is 4.74 Å². The molecule has 130 valence electrons. The lowest BCUT2D eigenvalue weighted by molar-refractivity contribution is -0.138. The highest BCUT2D eigenvalue weighted by molar-refractivity contribution is 6.09. The highest BCUT2D eigenvalue weighted by Crippen LogP contribution is 2.24. The molecule has 0 aliphatic rings. The lowest BCUT2D eigenvalue weighted by atomic mass is 9.91. The van der Waals surface area contributed by atoms with Crippen LogP contribution in [0.15, 0.2) is 67.3 Å². The van der Waals surface area contributed by atoms with Gasteiger partial charge in [-0.15, -0.1) is 6.58 Å². The van der Waals surface area contributed by atoms with Gasteiger partial charge in [0, 0.05) is 12.2 Å². The number of nitrogens with one attached hydrogen (secondary N) is 2. The second-order valence-corrected chi connectivity index (χ2v) is 6.02. The average Bonchev–Trinajstić information content (AvgIpc) is 2.62. The van der Waals surface area contributed by atoms with Gasteiger partial charge in [0.2, 0.25) is 11.8 Å². The predicted octanol–water partition coefficient (Wildman–Crippen LogP) is 3.75. The first-order chi connectivity index (χ1) is 11.9. The predicted molar refractivity (Wildman–Crippen MR) is 98.6 cm³/mol. The summed E-state index contributed by atoms with van der Waals surface area (Å²) in [5.74, 6) is 0.659. The van der Waals surface area contributed by atoms with Crippen LogP contribution >= 0.6 is 0 Å². The molecule has 2 rings (SSSR count). The highest BCUT2D eigenvalue weighted by Gasteiger charge is 2.35. The maximum absolute atomic E-state index is 12.4. The molecule has 0 unspecified atom stereocenters. The number of para-hydroxylation sites is 1. The van der Waals surface area contributed by atoms with Gasteiger partial charge in [0.05, 0.1) is 0 Å².